The molecule has 0 radical (unpaired) electrons. The minimum absolute atomic E-state index is 0.0430. The molecule has 0 fully saturated rings. The summed E-state index contributed by atoms with van der Waals surface area (Å²) < 4.78 is 12.8. The van der Waals surface area contributed by atoms with Crippen molar-refractivity contribution in [3.63, 3.8) is 0 Å². The van der Waals surface area contributed by atoms with Crippen molar-refractivity contribution in [2.75, 3.05) is 0 Å². The number of benzene rings is 2. The Bertz CT molecular complexity index is 634. The second-order valence-corrected chi connectivity index (χ2v) is 5.45. The molecule has 0 aliphatic heterocycles. The first kappa shape index (κ1) is 15.2. The summed E-state index contributed by atoms with van der Waals surface area (Å²) in [5, 5.41) is 2.99. The number of aryl methyl sites for hydroxylation is 2. The Kier molecular flexibility index (Phi) is 4.73. The van der Waals surface area contributed by atoms with Crippen LogP contribution in [-0.4, -0.2) is 5.91 Å². The minimum atomic E-state index is -0.289. The van der Waals surface area contributed by atoms with Gasteiger partial charge in [0.1, 0.15) is 5.82 Å². The lowest BCUT2D eigenvalue weighted by Crippen LogP contribution is -2.28. The van der Waals surface area contributed by atoms with Crippen LogP contribution < -0.4 is 5.32 Å². The van der Waals surface area contributed by atoms with Gasteiger partial charge >= 0.3 is 0 Å². The van der Waals surface area contributed by atoms with Crippen molar-refractivity contribution >= 4 is 5.91 Å². The van der Waals surface area contributed by atoms with Crippen LogP contribution in [0.25, 0.3) is 0 Å². The van der Waals surface area contributed by atoms with E-state index in [1.165, 1.54) is 23.3 Å². The van der Waals surface area contributed by atoms with Crippen molar-refractivity contribution in [3.8, 4) is 0 Å². The molecule has 0 saturated heterocycles. The predicted octanol–water partition coefficient (Wildman–Crippen LogP) is 3.86. The summed E-state index contributed by atoms with van der Waals surface area (Å²) in [5.41, 5.74) is 4.31. The van der Waals surface area contributed by atoms with Gasteiger partial charge in [0.15, 0.2) is 0 Å². The van der Waals surface area contributed by atoms with Crippen LogP contribution in [0.3, 0.4) is 0 Å². The highest BCUT2D eigenvalue weighted by Gasteiger charge is 2.12. The first-order valence-electron chi connectivity index (χ1n) is 7.06. The molecule has 2 aromatic carbocycles. The molecule has 0 saturated carbocycles. The second kappa shape index (κ2) is 6.53. The molecule has 2 nitrogen and oxygen atoms in total. The van der Waals surface area contributed by atoms with Crippen LogP contribution in [-0.2, 0) is 11.2 Å². The number of rotatable bonds is 4. The third kappa shape index (κ3) is 4.15. The zero-order valence-corrected chi connectivity index (χ0v) is 12.6. The fourth-order valence-electron chi connectivity index (χ4n) is 2.47. The fourth-order valence-corrected chi connectivity index (χ4v) is 2.47. The zero-order valence-electron chi connectivity index (χ0n) is 12.6. The van der Waals surface area contributed by atoms with Gasteiger partial charge in [0.05, 0.1) is 12.5 Å². The summed E-state index contributed by atoms with van der Waals surface area (Å²) in [6.07, 6.45) is 0.259. The van der Waals surface area contributed by atoms with Crippen LogP contribution in [0, 0.1) is 19.7 Å². The number of carbonyl (C=O) groups is 1. The van der Waals surface area contributed by atoms with Crippen molar-refractivity contribution in [2.24, 2.45) is 0 Å². The monoisotopic (exact) mass is 285 g/mol. The molecule has 0 aromatic heterocycles. The summed E-state index contributed by atoms with van der Waals surface area (Å²) in [7, 11) is 0. The van der Waals surface area contributed by atoms with E-state index >= 15 is 0 Å². The van der Waals surface area contributed by atoms with E-state index in [-0.39, 0.29) is 24.2 Å². The van der Waals surface area contributed by atoms with E-state index in [2.05, 4.69) is 18.3 Å². The van der Waals surface area contributed by atoms with Gasteiger partial charge in [-0.1, -0.05) is 35.9 Å². The summed E-state index contributed by atoms with van der Waals surface area (Å²) in [5.74, 6) is -0.350. The fraction of sp³-hybridized carbons (Fsp3) is 0.278. The number of nitrogens with one attached hydrogen (secondary N) is 1. The molecule has 110 valence electrons. The van der Waals surface area contributed by atoms with E-state index in [1.54, 1.807) is 12.1 Å². The molecule has 1 atom stereocenters. The quantitative estimate of drug-likeness (QED) is 0.908. The van der Waals surface area contributed by atoms with Crippen molar-refractivity contribution in [1.82, 2.24) is 5.32 Å². The molecule has 0 aliphatic carbocycles. The SMILES string of the molecule is Cc1ccc(C(C)NC(=O)Cc2ccc(F)cc2)c(C)c1. The number of hydrogen-bond acceptors (Lipinski definition) is 1. The van der Waals surface area contributed by atoms with Gasteiger partial charge in [-0.3, -0.25) is 4.79 Å². The van der Waals surface area contributed by atoms with Crippen molar-refractivity contribution in [2.45, 2.75) is 33.2 Å². The Hall–Kier alpha value is -2.16. The van der Waals surface area contributed by atoms with Gasteiger partial charge in [0.25, 0.3) is 0 Å². The molecule has 1 amide bonds. The zero-order chi connectivity index (χ0) is 15.4. The Morgan fingerprint density at radius 1 is 1.14 bits per heavy atom. The van der Waals surface area contributed by atoms with E-state index < -0.39 is 0 Å². The first-order valence-corrected chi connectivity index (χ1v) is 7.06. The molecule has 0 bridgehead atoms. The number of amides is 1. The van der Waals surface area contributed by atoms with Crippen molar-refractivity contribution in [1.29, 1.82) is 0 Å². The molecule has 2 aromatic rings. The highest BCUT2D eigenvalue weighted by Crippen LogP contribution is 2.18. The average molecular weight is 285 g/mol. The topological polar surface area (TPSA) is 29.1 Å². The van der Waals surface area contributed by atoms with Crippen molar-refractivity contribution < 1.29 is 9.18 Å². The number of hydrogen-bond donors (Lipinski definition) is 1. The van der Waals surface area contributed by atoms with Crippen LogP contribution in [0.4, 0.5) is 4.39 Å². The largest absolute Gasteiger partial charge is 0.349 e. The Morgan fingerprint density at radius 2 is 1.81 bits per heavy atom. The standard InChI is InChI=1S/C18H20FNO/c1-12-4-9-17(13(2)10-12)14(3)20-18(21)11-15-5-7-16(19)8-6-15/h4-10,14H,11H2,1-3H3,(H,20,21). The van der Waals surface area contributed by atoms with Crippen molar-refractivity contribution in [3.05, 3.63) is 70.5 Å². The third-order valence-electron chi connectivity index (χ3n) is 3.55. The first-order chi connectivity index (χ1) is 9.95. The van der Waals surface area contributed by atoms with Crippen LogP contribution in [0.15, 0.2) is 42.5 Å². The summed E-state index contributed by atoms with van der Waals surface area (Å²) in [4.78, 5) is 12.1. The van der Waals surface area contributed by atoms with E-state index in [1.807, 2.05) is 26.0 Å². The Labute approximate surface area is 125 Å². The Balaban J connectivity index is 2.00. The van der Waals surface area contributed by atoms with Gasteiger partial charge in [0, 0.05) is 0 Å². The van der Waals surface area contributed by atoms with Crippen LogP contribution in [0.2, 0.25) is 0 Å². The average Bonchev–Trinajstić information content (AvgIpc) is 2.41. The highest BCUT2D eigenvalue weighted by molar-refractivity contribution is 5.79. The highest BCUT2D eigenvalue weighted by atomic mass is 19.1. The maximum Gasteiger partial charge on any atom is 0.224 e. The summed E-state index contributed by atoms with van der Waals surface area (Å²) in [6, 6.07) is 12.2. The van der Waals surface area contributed by atoms with E-state index in [0.717, 1.165) is 11.1 Å². The smallest absolute Gasteiger partial charge is 0.224 e. The molecule has 3 heteroatoms. The molecule has 21 heavy (non-hydrogen) atoms. The van der Waals surface area contributed by atoms with Crippen LogP contribution >= 0.6 is 0 Å². The van der Waals surface area contributed by atoms with Gasteiger partial charge in [-0.05, 0) is 49.6 Å². The summed E-state index contributed by atoms with van der Waals surface area (Å²) >= 11 is 0. The van der Waals surface area contributed by atoms with Gasteiger partial charge in [-0.15, -0.1) is 0 Å². The van der Waals surface area contributed by atoms with E-state index in [4.69, 9.17) is 0 Å². The maximum atomic E-state index is 12.8. The number of halogens is 1. The van der Waals surface area contributed by atoms with Crippen LogP contribution in [0.5, 0.6) is 0 Å². The summed E-state index contributed by atoms with van der Waals surface area (Å²) in [6.45, 7) is 6.07. The van der Waals surface area contributed by atoms with E-state index in [0.29, 0.717) is 0 Å². The van der Waals surface area contributed by atoms with Gasteiger partial charge in [0.2, 0.25) is 5.91 Å². The molecule has 2 rings (SSSR count). The third-order valence-corrected chi connectivity index (χ3v) is 3.55. The van der Waals surface area contributed by atoms with Crippen LogP contribution in [0.1, 0.15) is 35.2 Å². The van der Waals surface area contributed by atoms with Gasteiger partial charge < -0.3 is 5.32 Å². The lowest BCUT2D eigenvalue weighted by molar-refractivity contribution is -0.121. The Morgan fingerprint density at radius 3 is 2.43 bits per heavy atom. The van der Waals surface area contributed by atoms with Gasteiger partial charge in [-0.25, -0.2) is 4.39 Å². The lowest BCUT2D eigenvalue weighted by atomic mass is 10.00. The molecule has 1 N–H and O–H groups in total. The molecular weight excluding hydrogens is 265 g/mol. The lowest BCUT2D eigenvalue weighted by Gasteiger charge is -2.17. The van der Waals surface area contributed by atoms with Gasteiger partial charge in [-0.2, -0.15) is 0 Å². The molecule has 0 aliphatic rings. The molecular formula is C18H20FNO. The minimum Gasteiger partial charge on any atom is -0.349 e. The second-order valence-electron chi connectivity index (χ2n) is 5.45. The number of carbonyl (C=O) groups excluding carboxylic acids is 1. The molecule has 1 unspecified atom stereocenters. The molecule has 0 heterocycles. The van der Waals surface area contributed by atoms with E-state index in [9.17, 15) is 9.18 Å². The maximum absolute atomic E-state index is 12.8. The molecule has 0 spiro atoms. The predicted molar refractivity (Wildman–Crippen MR) is 82.6 cm³/mol. The normalized spacial score (nSPS) is 12.0.